The molecule has 0 spiro atoms. The molecule has 0 aliphatic heterocycles. The van der Waals surface area contributed by atoms with Crippen molar-refractivity contribution in [3.05, 3.63) is 35.6 Å². The van der Waals surface area contributed by atoms with Gasteiger partial charge in [0.05, 0.1) is 12.5 Å². The lowest BCUT2D eigenvalue weighted by Gasteiger charge is -2.26. The molecular formula is C15H22FNO2. The predicted molar refractivity (Wildman–Crippen MR) is 73.2 cm³/mol. The van der Waals surface area contributed by atoms with Crippen LogP contribution in [-0.2, 0) is 11.2 Å². The molecule has 2 N–H and O–H groups in total. The van der Waals surface area contributed by atoms with Crippen LogP contribution in [-0.4, -0.2) is 23.7 Å². The summed E-state index contributed by atoms with van der Waals surface area (Å²) in [5.74, 6) is -0.565. The monoisotopic (exact) mass is 267 g/mol. The van der Waals surface area contributed by atoms with Crippen molar-refractivity contribution in [3.63, 3.8) is 0 Å². The van der Waals surface area contributed by atoms with E-state index in [0.717, 1.165) is 0 Å². The molecule has 106 valence electrons. The minimum Gasteiger partial charge on any atom is -0.393 e. The first-order valence-corrected chi connectivity index (χ1v) is 6.48. The Morgan fingerprint density at radius 2 is 2.05 bits per heavy atom. The van der Waals surface area contributed by atoms with Crippen molar-refractivity contribution in [2.24, 2.45) is 5.41 Å². The summed E-state index contributed by atoms with van der Waals surface area (Å²) < 4.78 is 13.4. The number of hydrogen-bond acceptors (Lipinski definition) is 2. The molecule has 1 rings (SSSR count). The molecule has 3 nitrogen and oxygen atoms in total. The van der Waals surface area contributed by atoms with E-state index in [9.17, 15) is 14.3 Å². The number of benzene rings is 1. The quantitative estimate of drug-likeness (QED) is 0.830. The van der Waals surface area contributed by atoms with E-state index in [1.54, 1.807) is 25.1 Å². The Labute approximate surface area is 113 Å². The Morgan fingerprint density at radius 3 is 2.63 bits per heavy atom. The van der Waals surface area contributed by atoms with Crippen molar-refractivity contribution < 1.29 is 14.3 Å². The van der Waals surface area contributed by atoms with E-state index in [0.29, 0.717) is 18.5 Å². The predicted octanol–water partition coefficient (Wildman–Crippen LogP) is 2.28. The van der Waals surface area contributed by atoms with Crippen LogP contribution in [0, 0.1) is 11.2 Å². The fraction of sp³-hybridized carbons (Fsp3) is 0.533. The summed E-state index contributed by atoms with van der Waals surface area (Å²) in [6.07, 6.45) is 0.239. The zero-order chi connectivity index (χ0) is 14.5. The van der Waals surface area contributed by atoms with Crippen molar-refractivity contribution >= 4 is 5.91 Å². The van der Waals surface area contributed by atoms with Gasteiger partial charge in [0.15, 0.2) is 0 Å². The first-order chi connectivity index (χ1) is 8.80. The van der Waals surface area contributed by atoms with E-state index in [1.165, 1.54) is 6.07 Å². The zero-order valence-electron chi connectivity index (χ0n) is 11.7. The van der Waals surface area contributed by atoms with Crippen LogP contribution in [0.15, 0.2) is 24.3 Å². The highest BCUT2D eigenvalue weighted by Gasteiger charge is 2.21. The summed E-state index contributed by atoms with van der Waals surface area (Å²) >= 11 is 0. The van der Waals surface area contributed by atoms with Crippen LogP contribution in [0.4, 0.5) is 4.39 Å². The normalized spacial score (nSPS) is 13.1. The van der Waals surface area contributed by atoms with Crippen LogP contribution in [0.1, 0.15) is 32.8 Å². The van der Waals surface area contributed by atoms with Gasteiger partial charge in [0.1, 0.15) is 5.82 Å². The first kappa shape index (κ1) is 15.6. The fourth-order valence-electron chi connectivity index (χ4n) is 2.09. The average molecular weight is 267 g/mol. The van der Waals surface area contributed by atoms with Gasteiger partial charge in [-0.25, -0.2) is 4.39 Å². The Hall–Kier alpha value is -1.42. The van der Waals surface area contributed by atoms with Gasteiger partial charge >= 0.3 is 0 Å². The Kier molecular flexibility index (Phi) is 5.48. The SMILES string of the molecule is CC(O)CC(C)(C)CNC(=O)Cc1ccccc1F. The third-order valence-electron chi connectivity index (χ3n) is 2.92. The highest BCUT2D eigenvalue weighted by molar-refractivity contribution is 5.78. The third kappa shape index (κ3) is 5.83. The molecule has 1 amide bonds. The lowest BCUT2D eigenvalue weighted by molar-refractivity contribution is -0.121. The van der Waals surface area contributed by atoms with Gasteiger partial charge in [-0.3, -0.25) is 4.79 Å². The number of hydrogen-bond donors (Lipinski definition) is 2. The standard InChI is InChI=1S/C15H22FNO2/c1-11(18)9-15(2,3)10-17-14(19)8-12-6-4-5-7-13(12)16/h4-7,11,18H,8-10H2,1-3H3,(H,17,19). The molecule has 1 unspecified atom stereocenters. The molecule has 0 aliphatic carbocycles. The second-order valence-electron chi connectivity index (χ2n) is 5.76. The zero-order valence-corrected chi connectivity index (χ0v) is 11.7. The van der Waals surface area contributed by atoms with Gasteiger partial charge in [0.25, 0.3) is 0 Å². The highest BCUT2D eigenvalue weighted by atomic mass is 19.1. The van der Waals surface area contributed by atoms with Crippen molar-refractivity contribution in [2.75, 3.05) is 6.54 Å². The van der Waals surface area contributed by atoms with Gasteiger partial charge < -0.3 is 10.4 Å². The second kappa shape index (κ2) is 6.66. The maximum atomic E-state index is 13.4. The molecule has 19 heavy (non-hydrogen) atoms. The summed E-state index contributed by atoms with van der Waals surface area (Å²) in [5.41, 5.74) is 0.215. The second-order valence-corrected chi connectivity index (χ2v) is 5.76. The van der Waals surface area contributed by atoms with Gasteiger partial charge in [0, 0.05) is 6.54 Å². The molecular weight excluding hydrogens is 245 g/mol. The summed E-state index contributed by atoms with van der Waals surface area (Å²) in [6, 6.07) is 6.27. The van der Waals surface area contributed by atoms with Gasteiger partial charge in [-0.2, -0.15) is 0 Å². The molecule has 0 saturated carbocycles. The number of carbonyl (C=O) groups is 1. The Bertz CT molecular complexity index is 430. The number of nitrogens with one attached hydrogen (secondary N) is 1. The molecule has 4 heteroatoms. The molecule has 0 aliphatic rings. The molecule has 1 aromatic rings. The molecule has 0 saturated heterocycles. The number of aliphatic hydroxyl groups excluding tert-OH is 1. The van der Waals surface area contributed by atoms with Crippen molar-refractivity contribution in [1.29, 1.82) is 0 Å². The summed E-state index contributed by atoms with van der Waals surface area (Å²) in [6.45, 7) is 6.14. The molecule has 0 aromatic heterocycles. The Morgan fingerprint density at radius 1 is 1.42 bits per heavy atom. The third-order valence-corrected chi connectivity index (χ3v) is 2.92. The molecule has 1 aromatic carbocycles. The van der Waals surface area contributed by atoms with E-state index in [2.05, 4.69) is 5.32 Å². The minimum atomic E-state index is -0.404. The lowest BCUT2D eigenvalue weighted by Crippen LogP contribution is -2.36. The molecule has 0 heterocycles. The number of aliphatic hydroxyl groups is 1. The van der Waals surface area contributed by atoms with Gasteiger partial charge in [-0.05, 0) is 30.4 Å². The van der Waals surface area contributed by atoms with Crippen LogP contribution in [0.5, 0.6) is 0 Å². The van der Waals surface area contributed by atoms with E-state index in [4.69, 9.17) is 0 Å². The first-order valence-electron chi connectivity index (χ1n) is 6.48. The van der Waals surface area contributed by atoms with Gasteiger partial charge in [-0.15, -0.1) is 0 Å². The van der Waals surface area contributed by atoms with Crippen molar-refractivity contribution in [3.8, 4) is 0 Å². The van der Waals surface area contributed by atoms with Crippen LogP contribution >= 0.6 is 0 Å². The molecule has 0 bridgehead atoms. The highest BCUT2D eigenvalue weighted by Crippen LogP contribution is 2.21. The fourth-order valence-corrected chi connectivity index (χ4v) is 2.09. The van der Waals surface area contributed by atoms with Gasteiger partial charge in [-0.1, -0.05) is 32.0 Å². The maximum Gasteiger partial charge on any atom is 0.224 e. The largest absolute Gasteiger partial charge is 0.393 e. The van der Waals surface area contributed by atoms with Crippen LogP contribution < -0.4 is 5.32 Å². The number of carbonyl (C=O) groups excluding carboxylic acids is 1. The summed E-state index contributed by atoms with van der Waals surface area (Å²) in [4.78, 5) is 11.8. The van der Waals surface area contributed by atoms with Crippen molar-refractivity contribution in [2.45, 2.75) is 39.7 Å². The van der Waals surface area contributed by atoms with Crippen LogP contribution in [0.25, 0.3) is 0 Å². The van der Waals surface area contributed by atoms with E-state index < -0.39 is 6.10 Å². The molecule has 0 fully saturated rings. The molecule has 0 radical (unpaired) electrons. The lowest BCUT2D eigenvalue weighted by atomic mass is 9.87. The number of halogens is 1. The summed E-state index contributed by atoms with van der Waals surface area (Å²) in [5, 5.41) is 12.1. The maximum absolute atomic E-state index is 13.4. The van der Waals surface area contributed by atoms with Crippen LogP contribution in [0.3, 0.4) is 0 Å². The summed E-state index contributed by atoms with van der Waals surface area (Å²) in [7, 11) is 0. The van der Waals surface area contributed by atoms with E-state index in [1.807, 2.05) is 13.8 Å². The Balaban J connectivity index is 2.46. The van der Waals surface area contributed by atoms with Gasteiger partial charge in [0.2, 0.25) is 5.91 Å². The van der Waals surface area contributed by atoms with E-state index >= 15 is 0 Å². The van der Waals surface area contributed by atoms with Crippen molar-refractivity contribution in [1.82, 2.24) is 5.32 Å². The smallest absolute Gasteiger partial charge is 0.224 e. The average Bonchev–Trinajstić information content (AvgIpc) is 2.28. The topological polar surface area (TPSA) is 49.3 Å². The number of amides is 1. The molecule has 1 atom stereocenters. The van der Waals surface area contributed by atoms with Crippen LogP contribution in [0.2, 0.25) is 0 Å². The number of rotatable bonds is 6. The van der Waals surface area contributed by atoms with E-state index in [-0.39, 0.29) is 23.6 Å². The minimum absolute atomic E-state index is 0.0391.